The Morgan fingerprint density at radius 1 is 1.08 bits per heavy atom. The van der Waals surface area contributed by atoms with Gasteiger partial charge in [-0.05, 0) is 54.8 Å². The maximum Gasteiger partial charge on any atom is 0.336 e. The molecule has 0 aliphatic rings. The van der Waals surface area contributed by atoms with Crippen LogP contribution in [0.15, 0.2) is 42.5 Å². The molecule has 0 aliphatic carbocycles. The highest BCUT2D eigenvalue weighted by atomic mass is 19.2. The summed E-state index contributed by atoms with van der Waals surface area (Å²) >= 11 is 0. The van der Waals surface area contributed by atoms with E-state index >= 15 is 0 Å². The molecule has 5 heteroatoms. The van der Waals surface area contributed by atoms with E-state index in [1.807, 2.05) is 12.1 Å². The van der Waals surface area contributed by atoms with Gasteiger partial charge in [-0.25, -0.2) is 18.6 Å². The van der Waals surface area contributed by atoms with Crippen LogP contribution in [0, 0.1) is 11.6 Å². The topological polar surface area (TPSA) is 50.2 Å². The van der Waals surface area contributed by atoms with Gasteiger partial charge in [0.15, 0.2) is 11.6 Å². The van der Waals surface area contributed by atoms with Gasteiger partial charge in [-0.3, -0.25) is 0 Å². The number of aromatic nitrogens is 1. The third-order valence-corrected chi connectivity index (χ3v) is 4.14. The third-order valence-electron chi connectivity index (χ3n) is 4.14. The van der Waals surface area contributed by atoms with E-state index in [-0.39, 0.29) is 5.56 Å². The molecule has 0 aliphatic heterocycles. The zero-order valence-corrected chi connectivity index (χ0v) is 13.7. The van der Waals surface area contributed by atoms with E-state index in [0.29, 0.717) is 22.2 Å². The first kappa shape index (κ1) is 17.0. The Labute approximate surface area is 144 Å². The van der Waals surface area contributed by atoms with Crippen LogP contribution in [-0.4, -0.2) is 16.1 Å². The average Bonchev–Trinajstić information content (AvgIpc) is 2.61. The molecular weight excluding hydrogens is 324 g/mol. The van der Waals surface area contributed by atoms with E-state index in [4.69, 9.17) is 0 Å². The lowest BCUT2D eigenvalue weighted by Crippen LogP contribution is -2.01. The maximum absolute atomic E-state index is 13.5. The zero-order chi connectivity index (χ0) is 18.0. The Morgan fingerprint density at radius 2 is 1.88 bits per heavy atom. The van der Waals surface area contributed by atoms with Crippen LogP contribution in [0.4, 0.5) is 8.78 Å². The molecule has 0 unspecified atom stereocenters. The molecule has 128 valence electrons. The smallest absolute Gasteiger partial charge is 0.336 e. The average molecular weight is 341 g/mol. The van der Waals surface area contributed by atoms with Crippen molar-refractivity contribution >= 4 is 16.9 Å². The first-order chi connectivity index (χ1) is 12.0. The predicted molar refractivity (Wildman–Crippen MR) is 92.7 cm³/mol. The maximum atomic E-state index is 13.5. The van der Waals surface area contributed by atoms with Crippen LogP contribution in [0.5, 0.6) is 0 Å². The van der Waals surface area contributed by atoms with Gasteiger partial charge in [-0.2, -0.15) is 0 Å². The van der Waals surface area contributed by atoms with Crippen molar-refractivity contribution in [1.82, 2.24) is 4.98 Å². The number of carboxylic acids is 1. The minimum atomic E-state index is -1.08. The van der Waals surface area contributed by atoms with Crippen molar-refractivity contribution in [2.75, 3.05) is 0 Å². The molecular formula is C20H17F2NO2. The van der Waals surface area contributed by atoms with E-state index in [2.05, 4.69) is 11.9 Å². The van der Waals surface area contributed by atoms with Crippen molar-refractivity contribution in [3.8, 4) is 11.3 Å². The molecule has 0 saturated heterocycles. The molecule has 3 rings (SSSR count). The highest BCUT2D eigenvalue weighted by molar-refractivity contribution is 6.04. The number of nitrogens with zero attached hydrogens (tertiary/aromatic N) is 1. The van der Waals surface area contributed by atoms with Crippen molar-refractivity contribution in [3.63, 3.8) is 0 Å². The van der Waals surface area contributed by atoms with Gasteiger partial charge in [0.25, 0.3) is 0 Å². The molecule has 0 fully saturated rings. The molecule has 0 saturated carbocycles. The standard InChI is InChI=1S/C20H17F2NO2/c1-2-3-4-12-5-8-18-14(9-12)15(20(24)25)11-19(23-18)13-6-7-16(21)17(22)10-13/h5-11H,2-4H2,1H3,(H,24,25). The van der Waals surface area contributed by atoms with Crippen molar-refractivity contribution in [2.45, 2.75) is 26.2 Å². The molecule has 1 N–H and O–H groups in total. The second-order valence-corrected chi connectivity index (χ2v) is 5.94. The predicted octanol–water partition coefficient (Wildman–Crippen LogP) is 5.22. The molecule has 1 aromatic heterocycles. The second-order valence-electron chi connectivity index (χ2n) is 5.94. The molecule has 25 heavy (non-hydrogen) atoms. The lowest BCUT2D eigenvalue weighted by molar-refractivity contribution is 0.0699. The van der Waals surface area contributed by atoms with Gasteiger partial charge in [0.2, 0.25) is 0 Å². The Kier molecular flexibility index (Phi) is 4.74. The summed E-state index contributed by atoms with van der Waals surface area (Å²) in [6.07, 6.45) is 2.95. The first-order valence-electron chi connectivity index (χ1n) is 8.12. The summed E-state index contributed by atoms with van der Waals surface area (Å²) in [6.45, 7) is 2.10. The van der Waals surface area contributed by atoms with Gasteiger partial charge in [-0.1, -0.05) is 19.4 Å². The molecule has 0 bridgehead atoms. The number of hydrogen-bond donors (Lipinski definition) is 1. The van der Waals surface area contributed by atoms with Gasteiger partial charge >= 0.3 is 5.97 Å². The summed E-state index contributed by atoms with van der Waals surface area (Å²) in [6, 6.07) is 10.3. The van der Waals surface area contributed by atoms with Crippen LogP contribution in [-0.2, 0) is 6.42 Å². The normalized spacial score (nSPS) is 11.0. The number of rotatable bonds is 5. The zero-order valence-electron chi connectivity index (χ0n) is 13.7. The number of carbonyl (C=O) groups is 1. The van der Waals surface area contributed by atoms with Crippen LogP contribution in [0.1, 0.15) is 35.7 Å². The summed E-state index contributed by atoms with van der Waals surface area (Å²) in [5, 5.41) is 10.1. The summed E-state index contributed by atoms with van der Waals surface area (Å²) in [4.78, 5) is 16.1. The highest BCUT2D eigenvalue weighted by Crippen LogP contribution is 2.27. The molecule has 0 atom stereocenters. The van der Waals surface area contributed by atoms with Crippen LogP contribution < -0.4 is 0 Å². The molecule has 1 heterocycles. The van der Waals surface area contributed by atoms with Gasteiger partial charge < -0.3 is 5.11 Å². The molecule has 3 aromatic rings. The Morgan fingerprint density at radius 3 is 2.56 bits per heavy atom. The van der Waals surface area contributed by atoms with Crippen LogP contribution in [0.2, 0.25) is 0 Å². The van der Waals surface area contributed by atoms with Gasteiger partial charge in [0.1, 0.15) is 0 Å². The number of unbranched alkanes of at least 4 members (excludes halogenated alkanes) is 1. The van der Waals surface area contributed by atoms with Crippen molar-refractivity contribution in [3.05, 3.63) is 65.2 Å². The van der Waals surface area contributed by atoms with Gasteiger partial charge in [-0.15, -0.1) is 0 Å². The fourth-order valence-corrected chi connectivity index (χ4v) is 2.79. The molecule has 3 nitrogen and oxygen atoms in total. The number of hydrogen-bond acceptors (Lipinski definition) is 2. The fraction of sp³-hybridized carbons (Fsp3) is 0.200. The van der Waals surface area contributed by atoms with E-state index in [0.717, 1.165) is 37.0 Å². The lowest BCUT2D eigenvalue weighted by atomic mass is 10.0. The Balaban J connectivity index is 2.16. The number of benzene rings is 2. The van der Waals surface area contributed by atoms with Gasteiger partial charge in [0.05, 0.1) is 16.8 Å². The summed E-state index contributed by atoms with van der Waals surface area (Å²) in [5.41, 5.74) is 2.30. The van der Waals surface area contributed by atoms with Crippen LogP contribution in [0.25, 0.3) is 22.2 Å². The van der Waals surface area contributed by atoms with E-state index in [9.17, 15) is 18.7 Å². The number of aromatic carboxylic acids is 1. The molecule has 2 aromatic carbocycles. The minimum absolute atomic E-state index is 0.100. The fourth-order valence-electron chi connectivity index (χ4n) is 2.79. The number of halogens is 2. The third kappa shape index (κ3) is 3.50. The summed E-state index contributed by atoms with van der Waals surface area (Å²) < 4.78 is 26.6. The number of fused-ring (bicyclic) bond motifs is 1. The Hall–Kier alpha value is -2.82. The van der Waals surface area contributed by atoms with Crippen molar-refractivity contribution in [1.29, 1.82) is 0 Å². The highest BCUT2D eigenvalue weighted by Gasteiger charge is 2.14. The van der Waals surface area contributed by atoms with Gasteiger partial charge in [0, 0.05) is 10.9 Å². The first-order valence-corrected chi connectivity index (χ1v) is 8.12. The lowest BCUT2D eigenvalue weighted by Gasteiger charge is -2.09. The van der Waals surface area contributed by atoms with Crippen molar-refractivity contribution < 1.29 is 18.7 Å². The number of aryl methyl sites for hydroxylation is 1. The SMILES string of the molecule is CCCCc1ccc2nc(-c3ccc(F)c(F)c3)cc(C(=O)O)c2c1. The number of carboxylic acid groups (broad SMARTS) is 1. The van der Waals surface area contributed by atoms with Crippen LogP contribution in [0.3, 0.4) is 0 Å². The Bertz CT molecular complexity index is 954. The van der Waals surface area contributed by atoms with Crippen molar-refractivity contribution in [2.24, 2.45) is 0 Å². The molecule has 0 amide bonds. The van der Waals surface area contributed by atoms with E-state index in [1.54, 1.807) is 6.07 Å². The summed E-state index contributed by atoms with van der Waals surface area (Å²) in [5.74, 6) is -3.03. The summed E-state index contributed by atoms with van der Waals surface area (Å²) in [7, 11) is 0. The molecule has 0 radical (unpaired) electrons. The largest absolute Gasteiger partial charge is 0.478 e. The van der Waals surface area contributed by atoms with Crippen LogP contribution >= 0.6 is 0 Å². The monoisotopic (exact) mass is 341 g/mol. The minimum Gasteiger partial charge on any atom is -0.478 e. The quantitative estimate of drug-likeness (QED) is 0.692. The van der Waals surface area contributed by atoms with E-state index < -0.39 is 17.6 Å². The number of pyridine rings is 1. The second kappa shape index (κ2) is 6.97. The van der Waals surface area contributed by atoms with E-state index in [1.165, 1.54) is 12.1 Å². The molecule has 0 spiro atoms.